The van der Waals surface area contributed by atoms with Gasteiger partial charge in [0.2, 0.25) is 15.9 Å². The summed E-state index contributed by atoms with van der Waals surface area (Å²) in [5, 5.41) is 3.08. The Balaban J connectivity index is 1.83. The normalized spacial score (nSPS) is 28.0. The maximum absolute atomic E-state index is 12.5. The molecule has 2 atom stereocenters. The summed E-state index contributed by atoms with van der Waals surface area (Å²) in [5.41, 5.74) is -0.143. The number of hydrogen-bond donors (Lipinski definition) is 1. The van der Waals surface area contributed by atoms with E-state index in [0.29, 0.717) is 32.5 Å². The first kappa shape index (κ1) is 20.6. The molecule has 0 radical (unpaired) electrons. The largest absolute Gasteiger partial charge is 0.373 e. The van der Waals surface area contributed by atoms with Crippen LogP contribution in [0.4, 0.5) is 0 Å². The predicted octanol–water partition coefficient (Wildman–Crippen LogP) is 0.662. The van der Waals surface area contributed by atoms with Gasteiger partial charge < -0.3 is 10.1 Å². The number of rotatable bonds is 5. The molecule has 8 heteroatoms. The molecule has 1 amide bonds. The Morgan fingerprint density at radius 3 is 2.16 bits per heavy atom. The van der Waals surface area contributed by atoms with Crippen LogP contribution in [0.25, 0.3) is 0 Å². The van der Waals surface area contributed by atoms with Crippen molar-refractivity contribution in [2.45, 2.75) is 58.3 Å². The fraction of sp³-hybridized carbons (Fsp3) is 0.941. The van der Waals surface area contributed by atoms with Crippen LogP contribution >= 0.6 is 0 Å². The Bertz CT molecular complexity index is 560. The van der Waals surface area contributed by atoms with E-state index in [9.17, 15) is 13.2 Å². The van der Waals surface area contributed by atoms with Gasteiger partial charge in [0.1, 0.15) is 0 Å². The third kappa shape index (κ3) is 5.64. The summed E-state index contributed by atoms with van der Waals surface area (Å²) in [5.74, 6) is -0.0630. The SMILES string of the molecule is C[C@@H]1CN(C(C)(C)CNC(=O)C2CCN(S(C)(=O)=O)CC2)C[C@H](C)O1. The maximum Gasteiger partial charge on any atom is 0.223 e. The molecule has 0 saturated carbocycles. The molecule has 2 aliphatic heterocycles. The highest BCUT2D eigenvalue weighted by atomic mass is 32.2. The van der Waals surface area contributed by atoms with Crippen molar-refractivity contribution in [3.63, 3.8) is 0 Å². The summed E-state index contributed by atoms with van der Waals surface area (Å²) in [6.07, 6.45) is 2.79. The first-order valence-electron chi connectivity index (χ1n) is 9.12. The number of hydrogen-bond acceptors (Lipinski definition) is 5. The van der Waals surface area contributed by atoms with E-state index in [1.165, 1.54) is 10.6 Å². The number of morpholine rings is 1. The number of piperidine rings is 1. The topological polar surface area (TPSA) is 79.0 Å². The Hall–Kier alpha value is -0.700. The lowest BCUT2D eigenvalue weighted by Crippen LogP contribution is -2.59. The van der Waals surface area contributed by atoms with Crippen molar-refractivity contribution in [1.82, 2.24) is 14.5 Å². The second kappa shape index (κ2) is 7.90. The lowest BCUT2D eigenvalue weighted by Gasteiger charge is -2.45. The molecule has 2 aliphatic rings. The molecule has 0 aliphatic carbocycles. The zero-order chi connectivity index (χ0) is 18.8. The summed E-state index contributed by atoms with van der Waals surface area (Å²) >= 11 is 0. The van der Waals surface area contributed by atoms with Crippen molar-refractivity contribution in [3.8, 4) is 0 Å². The van der Waals surface area contributed by atoms with Crippen LogP contribution in [-0.4, -0.2) is 80.3 Å². The van der Waals surface area contributed by atoms with Gasteiger partial charge in [0.15, 0.2) is 0 Å². The minimum Gasteiger partial charge on any atom is -0.373 e. The highest BCUT2D eigenvalue weighted by molar-refractivity contribution is 7.88. The van der Waals surface area contributed by atoms with E-state index in [1.54, 1.807) is 0 Å². The second-order valence-corrected chi connectivity index (χ2v) is 10.1. The molecule has 2 saturated heterocycles. The third-order valence-corrected chi connectivity index (χ3v) is 6.57. The molecular formula is C17H33N3O4S. The van der Waals surface area contributed by atoms with Crippen LogP contribution in [0.3, 0.4) is 0 Å². The van der Waals surface area contributed by atoms with Gasteiger partial charge in [-0.1, -0.05) is 0 Å². The number of amides is 1. The second-order valence-electron chi connectivity index (χ2n) is 8.13. The molecule has 7 nitrogen and oxygen atoms in total. The van der Waals surface area contributed by atoms with Gasteiger partial charge in [-0.05, 0) is 40.5 Å². The van der Waals surface area contributed by atoms with Crippen LogP contribution < -0.4 is 5.32 Å². The molecular weight excluding hydrogens is 342 g/mol. The van der Waals surface area contributed by atoms with Crippen LogP contribution in [0.15, 0.2) is 0 Å². The third-order valence-electron chi connectivity index (χ3n) is 5.26. The fourth-order valence-electron chi connectivity index (χ4n) is 3.68. The number of ether oxygens (including phenoxy) is 1. The Labute approximate surface area is 152 Å². The van der Waals surface area contributed by atoms with Crippen molar-refractivity contribution in [2.75, 3.05) is 39.0 Å². The number of nitrogens with zero attached hydrogens (tertiary/aromatic N) is 2. The average Bonchev–Trinajstić information content (AvgIpc) is 2.51. The van der Waals surface area contributed by atoms with Gasteiger partial charge in [0.05, 0.1) is 18.5 Å². The smallest absolute Gasteiger partial charge is 0.223 e. The highest BCUT2D eigenvalue weighted by Crippen LogP contribution is 2.22. The van der Waals surface area contributed by atoms with Crippen LogP contribution in [0, 0.1) is 5.92 Å². The van der Waals surface area contributed by atoms with Gasteiger partial charge >= 0.3 is 0 Å². The monoisotopic (exact) mass is 375 g/mol. The summed E-state index contributed by atoms with van der Waals surface area (Å²) in [6.45, 7) is 11.6. The van der Waals surface area contributed by atoms with Crippen molar-refractivity contribution in [3.05, 3.63) is 0 Å². The molecule has 2 fully saturated rings. The van der Waals surface area contributed by atoms with E-state index in [0.717, 1.165) is 13.1 Å². The van der Waals surface area contributed by atoms with Gasteiger partial charge in [0, 0.05) is 44.2 Å². The van der Waals surface area contributed by atoms with Crippen LogP contribution in [0.1, 0.15) is 40.5 Å². The van der Waals surface area contributed by atoms with Gasteiger partial charge in [-0.2, -0.15) is 0 Å². The van der Waals surface area contributed by atoms with Gasteiger partial charge in [-0.25, -0.2) is 12.7 Å². The molecule has 2 rings (SSSR count). The standard InChI is InChI=1S/C17H33N3O4S/c1-13-10-19(11-14(2)24-13)17(3,4)12-18-16(21)15-6-8-20(9-7-15)25(5,22)23/h13-15H,6-12H2,1-5H3,(H,18,21)/t13-,14+. The minimum absolute atomic E-state index is 0.0376. The van der Waals surface area contributed by atoms with E-state index >= 15 is 0 Å². The maximum atomic E-state index is 12.5. The lowest BCUT2D eigenvalue weighted by molar-refractivity contribution is -0.127. The first-order chi connectivity index (χ1) is 11.5. The molecule has 0 spiro atoms. The fourth-order valence-corrected chi connectivity index (χ4v) is 4.56. The molecule has 0 unspecified atom stereocenters. The van der Waals surface area contributed by atoms with Crippen LogP contribution in [0.2, 0.25) is 0 Å². The number of sulfonamides is 1. The number of nitrogens with one attached hydrogen (secondary N) is 1. The van der Waals surface area contributed by atoms with Crippen LogP contribution in [-0.2, 0) is 19.6 Å². The van der Waals surface area contributed by atoms with Gasteiger partial charge in [0.25, 0.3) is 0 Å². The minimum atomic E-state index is -3.15. The van der Waals surface area contributed by atoms with Crippen molar-refractivity contribution in [1.29, 1.82) is 0 Å². The van der Waals surface area contributed by atoms with Crippen molar-refractivity contribution in [2.24, 2.45) is 5.92 Å². The van der Waals surface area contributed by atoms with Gasteiger partial charge in [-0.3, -0.25) is 9.69 Å². The predicted molar refractivity (Wildman–Crippen MR) is 97.8 cm³/mol. The van der Waals surface area contributed by atoms with E-state index < -0.39 is 10.0 Å². The Morgan fingerprint density at radius 2 is 1.68 bits per heavy atom. The van der Waals surface area contributed by atoms with Crippen molar-refractivity contribution >= 4 is 15.9 Å². The lowest BCUT2D eigenvalue weighted by atomic mass is 9.95. The Kier molecular flexibility index (Phi) is 6.51. The van der Waals surface area contributed by atoms with Crippen LogP contribution in [0.5, 0.6) is 0 Å². The van der Waals surface area contributed by atoms with Crippen molar-refractivity contribution < 1.29 is 17.9 Å². The quantitative estimate of drug-likeness (QED) is 0.764. The number of carbonyl (C=O) groups excluding carboxylic acids is 1. The zero-order valence-electron chi connectivity index (χ0n) is 16.1. The van der Waals surface area contributed by atoms with E-state index in [4.69, 9.17) is 4.74 Å². The van der Waals surface area contributed by atoms with E-state index in [1.807, 2.05) is 0 Å². The summed E-state index contributed by atoms with van der Waals surface area (Å²) < 4.78 is 30.4. The van der Waals surface area contributed by atoms with E-state index in [2.05, 4.69) is 37.9 Å². The molecule has 0 aromatic carbocycles. The molecule has 2 heterocycles. The molecule has 1 N–H and O–H groups in total. The average molecular weight is 376 g/mol. The molecule has 0 aromatic rings. The van der Waals surface area contributed by atoms with Gasteiger partial charge in [-0.15, -0.1) is 0 Å². The number of carbonyl (C=O) groups is 1. The Morgan fingerprint density at radius 1 is 1.16 bits per heavy atom. The van der Waals surface area contributed by atoms with E-state index in [-0.39, 0.29) is 29.6 Å². The summed E-state index contributed by atoms with van der Waals surface area (Å²) in [7, 11) is -3.15. The summed E-state index contributed by atoms with van der Waals surface area (Å²) in [4.78, 5) is 14.9. The molecule has 146 valence electrons. The molecule has 25 heavy (non-hydrogen) atoms. The highest BCUT2D eigenvalue weighted by Gasteiger charge is 2.34. The first-order valence-corrected chi connectivity index (χ1v) is 11.0. The molecule has 0 bridgehead atoms. The zero-order valence-corrected chi connectivity index (χ0v) is 16.9. The summed E-state index contributed by atoms with van der Waals surface area (Å²) in [6, 6.07) is 0. The molecule has 0 aromatic heterocycles.